The van der Waals surface area contributed by atoms with Gasteiger partial charge in [0.2, 0.25) is 0 Å². The molecule has 0 bridgehead atoms. The first-order valence-electron chi connectivity index (χ1n) is 9.81. The van der Waals surface area contributed by atoms with Gasteiger partial charge in [-0.1, -0.05) is 18.1 Å². The van der Waals surface area contributed by atoms with Crippen LogP contribution in [0.5, 0.6) is 5.75 Å². The van der Waals surface area contributed by atoms with Crippen molar-refractivity contribution in [2.45, 2.75) is 0 Å². The number of amides is 1. The van der Waals surface area contributed by atoms with Crippen molar-refractivity contribution in [1.29, 1.82) is 0 Å². The average molecular weight is 398 g/mol. The quantitative estimate of drug-likeness (QED) is 0.635. The van der Waals surface area contributed by atoms with E-state index in [1.807, 2.05) is 41.3 Å². The van der Waals surface area contributed by atoms with E-state index in [4.69, 9.17) is 4.74 Å². The summed E-state index contributed by atoms with van der Waals surface area (Å²) in [4.78, 5) is 25.7. The molecule has 0 atom stereocenters. The lowest BCUT2D eigenvalue weighted by Crippen LogP contribution is -2.49. The van der Waals surface area contributed by atoms with Gasteiger partial charge in [-0.3, -0.25) is 4.79 Å². The number of pyridine rings is 2. The summed E-state index contributed by atoms with van der Waals surface area (Å²) in [5, 5.41) is 0. The van der Waals surface area contributed by atoms with Crippen LogP contribution in [0.2, 0.25) is 0 Å². The summed E-state index contributed by atoms with van der Waals surface area (Å²) in [5.74, 6) is 7.69. The summed E-state index contributed by atoms with van der Waals surface area (Å²) in [6, 6.07) is 16.8. The molecular formula is C24H22N4O2. The smallest absolute Gasteiger partial charge is 0.254 e. The first-order valence-corrected chi connectivity index (χ1v) is 9.81. The number of rotatable bonds is 3. The van der Waals surface area contributed by atoms with Crippen molar-refractivity contribution in [3.05, 3.63) is 83.8 Å². The molecule has 1 fully saturated rings. The normalized spacial score (nSPS) is 13.4. The van der Waals surface area contributed by atoms with Crippen molar-refractivity contribution in [3.63, 3.8) is 0 Å². The highest BCUT2D eigenvalue weighted by molar-refractivity contribution is 5.95. The molecule has 0 saturated carbocycles. The van der Waals surface area contributed by atoms with E-state index in [0.29, 0.717) is 35.7 Å². The number of hydrogen-bond acceptors (Lipinski definition) is 5. The van der Waals surface area contributed by atoms with Gasteiger partial charge in [-0.2, -0.15) is 0 Å². The Hall–Kier alpha value is -3.85. The number of aromatic nitrogens is 2. The second-order valence-electron chi connectivity index (χ2n) is 6.85. The van der Waals surface area contributed by atoms with Gasteiger partial charge in [0.05, 0.1) is 12.7 Å². The van der Waals surface area contributed by atoms with Crippen molar-refractivity contribution >= 4 is 11.7 Å². The Bertz CT molecular complexity index is 1070. The molecule has 1 amide bonds. The van der Waals surface area contributed by atoms with Crippen LogP contribution in [0, 0.1) is 11.8 Å². The lowest BCUT2D eigenvalue weighted by Gasteiger charge is -2.35. The minimum absolute atomic E-state index is 0.000731. The summed E-state index contributed by atoms with van der Waals surface area (Å²) >= 11 is 0. The number of piperazine rings is 1. The first kappa shape index (κ1) is 19.5. The van der Waals surface area contributed by atoms with Crippen molar-refractivity contribution in [2.75, 3.05) is 38.2 Å². The summed E-state index contributed by atoms with van der Waals surface area (Å²) in [6.07, 6.45) is 3.49. The van der Waals surface area contributed by atoms with Gasteiger partial charge in [0.15, 0.2) is 0 Å². The van der Waals surface area contributed by atoms with Crippen LogP contribution in [-0.2, 0) is 0 Å². The molecule has 0 unspecified atom stereocenters. The molecule has 0 aliphatic carbocycles. The zero-order valence-corrected chi connectivity index (χ0v) is 16.8. The van der Waals surface area contributed by atoms with Crippen molar-refractivity contribution in [2.24, 2.45) is 0 Å². The minimum atomic E-state index is -0.000731. The summed E-state index contributed by atoms with van der Waals surface area (Å²) < 4.78 is 5.42. The highest BCUT2D eigenvalue weighted by Gasteiger charge is 2.23. The molecule has 6 nitrogen and oxygen atoms in total. The number of ether oxygens (including phenoxy) is 1. The Labute approximate surface area is 176 Å². The predicted molar refractivity (Wildman–Crippen MR) is 116 cm³/mol. The number of nitrogens with zero attached hydrogens (tertiary/aromatic N) is 4. The van der Waals surface area contributed by atoms with E-state index in [1.54, 1.807) is 37.7 Å². The molecule has 0 N–H and O–H groups in total. The second-order valence-corrected chi connectivity index (χ2v) is 6.85. The van der Waals surface area contributed by atoms with Gasteiger partial charge in [0.1, 0.15) is 17.3 Å². The number of hydrogen-bond donors (Lipinski definition) is 0. The van der Waals surface area contributed by atoms with Gasteiger partial charge in [0, 0.05) is 44.1 Å². The third-order valence-electron chi connectivity index (χ3n) is 4.98. The van der Waals surface area contributed by atoms with Crippen molar-refractivity contribution in [3.8, 4) is 17.6 Å². The number of methoxy groups -OCH3 is 1. The van der Waals surface area contributed by atoms with E-state index in [0.717, 1.165) is 18.9 Å². The van der Waals surface area contributed by atoms with Gasteiger partial charge in [0.25, 0.3) is 5.91 Å². The molecular weight excluding hydrogens is 376 g/mol. The van der Waals surface area contributed by atoms with Crippen LogP contribution in [0.4, 0.5) is 5.82 Å². The molecule has 1 saturated heterocycles. The molecule has 0 radical (unpaired) electrons. The molecule has 30 heavy (non-hydrogen) atoms. The molecule has 1 aliphatic rings. The van der Waals surface area contributed by atoms with Crippen LogP contribution >= 0.6 is 0 Å². The molecule has 1 aliphatic heterocycles. The minimum Gasteiger partial charge on any atom is -0.495 e. The van der Waals surface area contributed by atoms with E-state index >= 15 is 0 Å². The van der Waals surface area contributed by atoms with Gasteiger partial charge in [-0.05, 0) is 48.4 Å². The van der Waals surface area contributed by atoms with Crippen molar-refractivity contribution in [1.82, 2.24) is 14.9 Å². The number of carbonyl (C=O) groups is 1. The summed E-state index contributed by atoms with van der Waals surface area (Å²) in [5.41, 5.74) is 1.94. The molecule has 3 heterocycles. The van der Waals surface area contributed by atoms with Gasteiger partial charge in [-0.25, -0.2) is 9.97 Å². The number of benzene rings is 1. The average Bonchev–Trinajstić information content (AvgIpc) is 2.83. The zero-order chi connectivity index (χ0) is 20.8. The Morgan fingerprint density at radius 1 is 0.933 bits per heavy atom. The lowest BCUT2D eigenvalue weighted by atomic mass is 10.1. The van der Waals surface area contributed by atoms with E-state index in [2.05, 4.69) is 26.7 Å². The van der Waals surface area contributed by atoms with Crippen LogP contribution in [0.1, 0.15) is 21.6 Å². The summed E-state index contributed by atoms with van der Waals surface area (Å²) in [7, 11) is 1.60. The van der Waals surface area contributed by atoms with Crippen LogP contribution in [0.15, 0.2) is 67.0 Å². The molecule has 1 aromatic carbocycles. The van der Waals surface area contributed by atoms with E-state index in [9.17, 15) is 4.79 Å². The first-order chi connectivity index (χ1) is 14.7. The van der Waals surface area contributed by atoms with Crippen LogP contribution in [0.25, 0.3) is 0 Å². The van der Waals surface area contributed by atoms with Crippen molar-refractivity contribution < 1.29 is 9.53 Å². The van der Waals surface area contributed by atoms with Crippen LogP contribution < -0.4 is 9.64 Å². The number of anilines is 1. The SMILES string of the molecule is COc1ccc(C(=O)N2CCN(c3ccccn3)CC2)cc1C#Cc1ccccn1. The lowest BCUT2D eigenvalue weighted by molar-refractivity contribution is 0.0746. The van der Waals surface area contributed by atoms with E-state index in [-0.39, 0.29) is 5.91 Å². The Balaban J connectivity index is 1.49. The fourth-order valence-electron chi connectivity index (χ4n) is 3.37. The van der Waals surface area contributed by atoms with Crippen LogP contribution in [0.3, 0.4) is 0 Å². The zero-order valence-electron chi connectivity index (χ0n) is 16.8. The maximum absolute atomic E-state index is 13.1. The van der Waals surface area contributed by atoms with E-state index in [1.165, 1.54) is 0 Å². The fraction of sp³-hybridized carbons (Fsp3) is 0.208. The molecule has 150 valence electrons. The van der Waals surface area contributed by atoms with Gasteiger partial charge in [-0.15, -0.1) is 0 Å². The molecule has 6 heteroatoms. The summed E-state index contributed by atoms with van der Waals surface area (Å²) in [6.45, 7) is 2.81. The largest absolute Gasteiger partial charge is 0.495 e. The Morgan fingerprint density at radius 3 is 2.37 bits per heavy atom. The van der Waals surface area contributed by atoms with E-state index < -0.39 is 0 Å². The molecule has 4 rings (SSSR count). The predicted octanol–water partition coefficient (Wildman–Crippen LogP) is 2.85. The van der Waals surface area contributed by atoms with Gasteiger partial charge < -0.3 is 14.5 Å². The fourth-order valence-corrected chi connectivity index (χ4v) is 3.37. The maximum atomic E-state index is 13.1. The monoisotopic (exact) mass is 398 g/mol. The standard InChI is InChI=1S/C24H22N4O2/c1-30-22-11-9-20(18-19(22)8-10-21-6-2-4-12-25-21)24(29)28-16-14-27(15-17-28)23-7-3-5-13-26-23/h2-7,9,11-13,18H,14-17H2,1H3. The highest BCUT2D eigenvalue weighted by atomic mass is 16.5. The second kappa shape index (κ2) is 9.10. The highest BCUT2D eigenvalue weighted by Crippen LogP contribution is 2.21. The van der Waals surface area contributed by atoms with Crippen LogP contribution in [-0.4, -0.2) is 54.1 Å². The molecule has 2 aromatic heterocycles. The third-order valence-corrected chi connectivity index (χ3v) is 4.98. The molecule has 3 aromatic rings. The Kier molecular flexibility index (Phi) is 5.90. The Morgan fingerprint density at radius 2 is 1.70 bits per heavy atom. The topological polar surface area (TPSA) is 58.6 Å². The van der Waals surface area contributed by atoms with Gasteiger partial charge >= 0.3 is 0 Å². The molecule has 0 spiro atoms. The third kappa shape index (κ3) is 4.41. The number of carbonyl (C=O) groups excluding carboxylic acids is 1. The maximum Gasteiger partial charge on any atom is 0.254 e.